The fourth-order valence-electron chi connectivity index (χ4n) is 2.91. The Morgan fingerprint density at radius 1 is 1.19 bits per heavy atom. The van der Waals surface area contributed by atoms with Gasteiger partial charge in [0.2, 0.25) is 5.91 Å². The van der Waals surface area contributed by atoms with E-state index >= 15 is 0 Å². The molecule has 0 unspecified atom stereocenters. The molecule has 140 valence electrons. The molecule has 2 aromatic rings. The predicted molar refractivity (Wildman–Crippen MR) is 98.5 cm³/mol. The number of methoxy groups -OCH3 is 1. The van der Waals surface area contributed by atoms with Crippen molar-refractivity contribution >= 4 is 11.6 Å². The monoisotopic (exact) mass is 360 g/mol. The van der Waals surface area contributed by atoms with Crippen molar-refractivity contribution in [2.75, 3.05) is 25.6 Å². The molecule has 0 saturated heterocycles. The van der Waals surface area contributed by atoms with Crippen molar-refractivity contribution in [3.05, 3.63) is 66.0 Å². The average Bonchev–Trinajstić information content (AvgIpc) is 2.69. The first-order chi connectivity index (χ1) is 12.5. The van der Waals surface area contributed by atoms with Gasteiger partial charge in [0, 0.05) is 32.3 Å². The highest BCUT2D eigenvalue weighted by atomic mass is 19.1. The van der Waals surface area contributed by atoms with Crippen LogP contribution in [0, 0.1) is 11.7 Å². The van der Waals surface area contributed by atoms with Crippen LogP contribution in [0.25, 0.3) is 0 Å². The van der Waals surface area contributed by atoms with Crippen molar-refractivity contribution in [3.8, 4) is 0 Å². The number of benzene rings is 2. The molecule has 26 heavy (non-hydrogen) atoms. The van der Waals surface area contributed by atoms with Crippen molar-refractivity contribution in [2.45, 2.75) is 18.9 Å². The van der Waals surface area contributed by atoms with Gasteiger partial charge in [-0.25, -0.2) is 9.87 Å². The van der Waals surface area contributed by atoms with E-state index in [2.05, 4.69) is 4.90 Å². The second-order valence-corrected chi connectivity index (χ2v) is 6.23. The van der Waals surface area contributed by atoms with Crippen LogP contribution in [0.2, 0.25) is 0 Å². The summed E-state index contributed by atoms with van der Waals surface area (Å²) in [5, 5.41) is 9.08. The van der Waals surface area contributed by atoms with Crippen LogP contribution in [-0.4, -0.2) is 31.8 Å². The summed E-state index contributed by atoms with van der Waals surface area (Å²) in [6.07, 6.45) is 0.565. The molecule has 2 aromatic carbocycles. The second kappa shape index (κ2) is 9.89. The molecular weight excluding hydrogens is 335 g/mol. The van der Waals surface area contributed by atoms with E-state index in [1.165, 1.54) is 12.1 Å². The summed E-state index contributed by atoms with van der Waals surface area (Å²) in [6.45, 7) is 0.641. The average molecular weight is 360 g/mol. The van der Waals surface area contributed by atoms with Crippen LogP contribution in [0.15, 0.2) is 54.6 Å². The summed E-state index contributed by atoms with van der Waals surface area (Å²) >= 11 is 0. The molecular formula is C20H25FN2O3. The molecule has 2 N–H and O–H groups in total. The lowest BCUT2D eigenvalue weighted by Crippen LogP contribution is -2.32. The Morgan fingerprint density at radius 3 is 2.42 bits per heavy atom. The lowest BCUT2D eigenvalue weighted by atomic mass is 9.93. The minimum Gasteiger partial charge on any atom is -0.377 e. The van der Waals surface area contributed by atoms with Crippen molar-refractivity contribution in [3.63, 3.8) is 0 Å². The van der Waals surface area contributed by atoms with Crippen LogP contribution in [0.3, 0.4) is 0 Å². The summed E-state index contributed by atoms with van der Waals surface area (Å²) in [4.78, 5) is 14.2. The lowest BCUT2D eigenvalue weighted by Gasteiger charge is -2.25. The molecule has 0 radical (unpaired) electrons. The van der Waals surface area contributed by atoms with Gasteiger partial charge in [0.1, 0.15) is 5.82 Å². The van der Waals surface area contributed by atoms with E-state index in [0.29, 0.717) is 19.4 Å². The molecule has 0 aliphatic rings. The van der Waals surface area contributed by atoms with E-state index in [1.807, 2.05) is 37.4 Å². The number of carbonyl (C=O) groups is 1. The molecule has 6 heteroatoms. The van der Waals surface area contributed by atoms with Crippen molar-refractivity contribution in [1.29, 1.82) is 0 Å². The summed E-state index contributed by atoms with van der Waals surface area (Å²) < 4.78 is 18.6. The van der Waals surface area contributed by atoms with Gasteiger partial charge in [-0.15, -0.1) is 0 Å². The molecule has 1 amide bonds. The summed E-state index contributed by atoms with van der Waals surface area (Å²) in [5.41, 5.74) is 3.59. The first kappa shape index (κ1) is 19.9. The molecule has 0 fully saturated rings. The number of hydrogen-bond acceptors (Lipinski definition) is 4. The Bertz CT molecular complexity index is 679. The molecule has 2 atom stereocenters. The second-order valence-electron chi connectivity index (χ2n) is 6.23. The van der Waals surface area contributed by atoms with Crippen LogP contribution in [0.4, 0.5) is 10.1 Å². The van der Waals surface area contributed by atoms with Crippen molar-refractivity contribution < 1.29 is 19.1 Å². The zero-order valence-electron chi connectivity index (χ0n) is 15.1. The quantitative estimate of drug-likeness (QED) is 0.530. The van der Waals surface area contributed by atoms with Crippen LogP contribution < -0.4 is 10.4 Å². The standard InChI is InChI=1S/C20H25FN2O3/c1-23(18-6-4-3-5-7-18)13-12-16(20(24)22-25)14-19(26-2)15-8-10-17(21)11-9-15/h3-11,16,19,25H,12-14H2,1-2H3,(H,22,24)/t16-,19+/m0/s1. The highest BCUT2D eigenvalue weighted by molar-refractivity contribution is 5.77. The lowest BCUT2D eigenvalue weighted by molar-refractivity contribution is -0.134. The number of nitrogens with one attached hydrogen (secondary N) is 1. The smallest absolute Gasteiger partial charge is 0.246 e. The number of rotatable bonds is 9. The SMILES string of the molecule is CO[C@H](C[C@H](CCN(C)c1ccccc1)C(=O)NO)c1ccc(F)cc1. The van der Waals surface area contributed by atoms with Gasteiger partial charge in [0.25, 0.3) is 0 Å². The van der Waals surface area contributed by atoms with E-state index in [-0.39, 0.29) is 11.9 Å². The van der Waals surface area contributed by atoms with E-state index in [4.69, 9.17) is 9.94 Å². The maximum atomic E-state index is 13.1. The number of hydroxylamine groups is 1. The Kier molecular flexibility index (Phi) is 7.56. The topological polar surface area (TPSA) is 61.8 Å². The number of carbonyl (C=O) groups excluding carboxylic acids is 1. The minimum atomic E-state index is -0.448. The molecule has 0 heterocycles. The van der Waals surface area contributed by atoms with Gasteiger partial charge in [-0.2, -0.15) is 0 Å². The van der Waals surface area contributed by atoms with Crippen LogP contribution >= 0.6 is 0 Å². The third kappa shape index (κ3) is 5.54. The minimum absolute atomic E-state index is 0.322. The summed E-state index contributed by atoms with van der Waals surface area (Å²) in [6, 6.07) is 15.9. The van der Waals surface area contributed by atoms with Gasteiger partial charge < -0.3 is 9.64 Å². The Hall–Kier alpha value is -2.44. The molecule has 0 aliphatic heterocycles. The fourth-order valence-corrected chi connectivity index (χ4v) is 2.91. The molecule has 5 nitrogen and oxygen atoms in total. The maximum Gasteiger partial charge on any atom is 0.246 e. The van der Waals surface area contributed by atoms with Crippen LogP contribution in [0.5, 0.6) is 0 Å². The van der Waals surface area contributed by atoms with Gasteiger partial charge in [0.05, 0.1) is 6.10 Å². The van der Waals surface area contributed by atoms with Gasteiger partial charge in [-0.3, -0.25) is 10.0 Å². The molecule has 0 bridgehead atoms. The summed E-state index contributed by atoms with van der Waals surface area (Å²) in [7, 11) is 3.51. The molecule has 0 aromatic heterocycles. The number of hydrogen-bond donors (Lipinski definition) is 2. The predicted octanol–water partition coefficient (Wildman–Crippen LogP) is 3.55. The van der Waals surface area contributed by atoms with E-state index in [9.17, 15) is 9.18 Å². The zero-order chi connectivity index (χ0) is 18.9. The molecule has 0 spiro atoms. The van der Waals surface area contributed by atoms with Gasteiger partial charge in [-0.05, 0) is 42.7 Å². The summed E-state index contributed by atoms with van der Waals surface area (Å²) in [5.74, 6) is -1.21. The first-order valence-electron chi connectivity index (χ1n) is 8.53. The fraction of sp³-hybridized carbons (Fsp3) is 0.350. The number of anilines is 1. The highest BCUT2D eigenvalue weighted by Crippen LogP contribution is 2.27. The number of para-hydroxylation sites is 1. The zero-order valence-corrected chi connectivity index (χ0v) is 15.1. The molecule has 2 rings (SSSR count). The van der Waals surface area contributed by atoms with Gasteiger partial charge in [-0.1, -0.05) is 30.3 Å². The Labute approximate surface area is 153 Å². The third-order valence-electron chi connectivity index (χ3n) is 4.52. The molecule has 0 saturated carbocycles. The number of ether oxygens (including phenoxy) is 1. The Morgan fingerprint density at radius 2 is 1.85 bits per heavy atom. The van der Waals surface area contributed by atoms with E-state index < -0.39 is 11.8 Å². The van der Waals surface area contributed by atoms with Crippen molar-refractivity contribution in [1.82, 2.24) is 5.48 Å². The number of halogens is 1. The highest BCUT2D eigenvalue weighted by Gasteiger charge is 2.24. The number of nitrogens with zero attached hydrogens (tertiary/aromatic N) is 1. The number of amides is 1. The van der Waals surface area contributed by atoms with Crippen LogP contribution in [-0.2, 0) is 9.53 Å². The van der Waals surface area contributed by atoms with Gasteiger partial charge in [0.15, 0.2) is 0 Å². The molecule has 0 aliphatic carbocycles. The normalized spacial score (nSPS) is 13.1. The van der Waals surface area contributed by atoms with E-state index in [0.717, 1.165) is 11.3 Å². The van der Waals surface area contributed by atoms with Gasteiger partial charge >= 0.3 is 0 Å². The maximum absolute atomic E-state index is 13.1. The largest absolute Gasteiger partial charge is 0.377 e. The van der Waals surface area contributed by atoms with Crippen molar-refractivity contribution in [2.24, 2.45) is 5.92 Å². The van der Waals surface area contributed by atoms with Crippen LogP contribution in [0.1, 0.15) is 24.5 Å². The Balaban J connectivity index is 2.04. The van der Waals surface area contributed by atoms with E-state index in [1.54, 1.807) is 24.7 Å². The third-order valence-corrected chi connectivity index (χ3v) is 4.52. The first-order valence-corrected chi connectivity index (χ1v) is 8.53.